The van der Waals surface area contributed by atoms with Crippen LogP contribution in [0, 0.1) is 35.0 Å². The van der Waals surface area contributed by atoms with Gasteiger partial charge < -0.3 is 9.47 Å². The van der Waals surface area contributed by atoms with Gasteiger partial charge in [0.05, 0.1) is 5.56 Å². The highest BCUT2D eigenvalue weighted by molar-refractivity contribution is 5.72. The highest BCUT2D eigenvalue weighted by Crippen LogP contribution is 2.41. The van der Waals surface area contributed by atoms with Gasteiger partial charge in [0.1, 0.15) is 23.2 Å². The van der Waals surface area contributed by atoms with Crippen LogP contribution < -0.4 is 9.47 Å². The Balaban J connectivity index is 1.29. The topological polar surface area (TPSA) is 18.5 Å². The zero-order chi connectivity index (χ0) is 35.5. The molecule has 2 nitrogen and oxygen atoms in total. The zero-order valence-corrected chi connectivity index (χ0v) is 26.3. The smallest absolute Gasteiger partial charge is 0.429 e. The molecule has 0 unspecified atom stereocenters. The lowest BCUT2D eigenvalue weighted by Gasteiger charge is -2.29. The minimum absolute atomic E-state index is 0.0120. The van der Waals surface area contributed by atoms with E-state index >= 15 is 8.78 Å². The Morgan fingerprint density at radius 2 is 1.18 bits per heavy atom. The molecule has 0 bridgehead atoms. The maximum atomic E-state index is 15.3. The fraction of sp³-hybridized carbons (Fsp3) is 0.351. The van der Waals surface area contributed by atoms with Crippen molar-refractivity contribution < 1.29 is 53.4 Å². The number of unbranched alkanes of at least 4 members (excludes halogenated alkanes) is 2. The molecule has 0 heterocycles. The molecule has 0 aromatic heterocycles. The largest absolute Gasteiger partial charge is 0.573 e. The average molecular weight is 699 g/mol. The molecule has 0 aliphatic heterocycles. The summed E-state index contributed by atoms with van der Waals surface area (Å²) in [5, 5.41) is 0. The molecule has 1 saturated carbocycles. The summed E-state index contributed by atoms with van der Waals surface area (Å²) < 4.78 is 148. The van der Waals surface area contributed by atoms with Gasteiger partial charge in [-0.3, -0.25) is 0 Å². The van der Waals surface area contributed by atoms with Crippen molar-refractivity contribution in [3.63, 3.8) is 0 Å². The van der Waals surface area contributed by atoms with Crippen molar-refractivity contribution in [3.05, 3.63) is 107 Å². The van der Waals surface area contributed by atoms with Crippen molar-refractivity contribution in [1.29, 1.82) is 0 Å². The summed E-state index contributed by atoms with van der Waals surface area (Å²) in [4.78, 5) is 0. The van der Waals surface area contributed by atoms with E-state index in [0.717, 1.165) is 43.4 Å². The third-order valence-electron chi connectivity index (χ3n) is 8.84. The van der Waals surface area contributed by atoms with Crippen molar-refractivity contribution in [2.24, 2.45) is 5.92 Å². The molecule has 0 amide bonds. The van der Waals surface area contributed by atoms with Gasteiger partial charge >= 0.3 is 12.5 Å². The van der Waals surface area contributed by atoms with E-state index in [0.29, 0.717) is 18.1 Å². The summed E-state index contributed by atoms with van der Waals surface area (Å²) in [7, 11) is 0. The van der Waals surface area contributed by atoms with Gasteiger partial charge in [-0.1, -0.05) is 62.9 Å². The van der Waals surface area contributed by atoms with Crippen LogP contribution in [-0.2, 0) is 6.11 Å². The summed E-state index contributed by atoms with van der Waals surface area (Å²) in [6, 6.07) is 10.7. The number of rotatable bonds is 11. The normalized spacial score (nSPS) is 16.9. The van der Waals surface area contributed by atoms with Crippen molar-refractivity contribution in [2.75, 3.05) is 0 Å². The maximum absolute atomic E-state index is 15.3. The van der Waals surface area contributed by atoms with Crippen LogP contribution in [0.15, 0.2) is 66.7 Å². The molecule has 0 spiro atoms. The first-order valence-electron chi connectivity index (χ1n) is 15.9. The standard InChI is InChI=1S/C37H32F10O2/c1-2-3-4-5-21-6-8-22(9-7-21)23-10-13-27(30(38)16-23)24-11-14-28(31(39)17-24)25-12-15-29(32(40)18-25)36(43,44)48-26-19-33(41)35(34(42)20-26)49-37(45,46)47/h10-22H,2-9H2,1H3. The van der Waals surface area contributed by atoms with Crippen LogP contribution >= 0.6 is 0 Å². The third kappa shape index (κ3) is 8.69. The second-order valence-electron chi connectivity index (χ2n) is 12.2. The lowest BCUT2D eigenvalue weighted by Crippen LogP contribution is -2.24. The van der Waals surface area contributed by atoms with E-state index in [1.165, 1.54) is 43.9 Å². The lowest BCUT2D eigenvalue weighted by molar-refractivity contribution is -0.276. The first-order chi connectivity index (χ1) is 23.1. The average Bonchev–Trinajstić information content (AvgIpc) is 3.02. The first kappa shape index (κ1) is 36.1. The van der Waals surface area contributed by atoms with Crippen LogP contribution in [0.4, 0.5) is 43.9 Å². The Labute approximate surface area is 276 Å². The van der Waals surface area contributed by atoms with Gasteiger partial charge in [0.25, 0.3) is 0 Å². The Kier molecular flexibility index (Phi) is 10.8. The fourth-order valence-corrected chi connectivity index (χ4v) is 6.33. The first-order valence-corrected chi connectivity index (χ1v) is 15.9. The van der Waals surface area contributed by atoms with E-state index in [4.69, 9.17) is 0 Å². The molecule has 4 aromatic rings. The molecule has 4 aromatic carbocycles. The van der Waals surface area contributed by atoms with Gasteiger partial charge in [-0.05, 0) is 78.5 Å². The number of hydrogen-bond donors (Lipinski definition) is 0. The number of halogens is 10. The molecule has 0 saturated heterocycles. The molecule has 5 rings (SSSR count). The van der Waals surface area contributed by atoms with Crippen LogP contribution in [0.5, 0.6) is 11.5 Å². The van der Waals surface area contributed by atoms with Crippen LogP contribution in [-0.4, -0.2) is 6.36 Å². The van der Waals surface area contributed by atoms with Gasteiger partial charge in [0.2, 0.25) is 5.75 Å². The summed E-state index contributed by atoms with van der Waals surface area (Å²) in [6.07, 6.45) is -0.975. The predicted molar refractivity (Wildman–Crippen MR) is 164 cm³/mol. The van der Waals surface area contributed by atoms with Crippen molar-refractivity contribution in [1.82, 2.24) is 0 Å². The summed E-state index contributed by atoms with van der Waals surface area (Å²) in [5.74, 6) is -9.17. The Morgan fingerprint density at radius 3 is 1.73 bits per heavy atom. The molecule has 1 aliphatic carbocycles. The van der Waals surface area contributed by atoms with E-state index in [-0.39, 0.29) is 40.3 Å². The van der Waals surface area contributed by atoms with E-state index in [2.05, 4.69) is 16.4 Å². The van der Waals surface area contributed by atoms with E-state index in [1.54, 1.807) is 6.07 Å². The number of benzene rings is 4. The van der Waals surface area contributed by atoms with Crippen LogP contribution in [0.2, 0.25) is 0 Å². The highest BCUT2D eigenvalue weighted by Gasteiger charge is 2.39. The molecule has 0 atom stereocenters. The second kappa shape index (κ2) is 14.7. The third-order valence-corrected chi connectivity index (χ3v) is 8.84. The van der Waals surface area contributed by atoms with E-state index in [1.807, 2.05) is 6.07 Å². The van der Waals surface area contributed by atoms with Gasteiger partial charge in [0, 0.05) is 23.3 Å². The molecule has 12 heteroatoms. The number of alkyl halides is 5. The quantitative estimate of drug-likeness (QED) is 0.115. The van der Waals surface area contributed by atoms with Crippen LogP contribution in [0.25, 0.3) is 22.3 Å². The minimum atomic E-state index is -5.47. The second-order valence-corrected chi connectivity index (χ2v) is 12.2. The Bertz CT molecular complexity index is 1750. The molecular formula is C37H32F10O2. The van der Waals surface area contributed by atoms with Crippen molar-refractivity contribution in [3.8, 4) is 33.8 Å². The molecule has 49 heavy (non-hydrogen) atoms. The molecule has 1 fully saturated rings. The van der Waals surface area contributed by atoms with Crippen LogP contribution in [0.1, 0.15) is 75.3 Å². The van der Waals surface area contributed by atoms with E-state index < -0.39 is 58.6 Å². The number of ether oxygens (including phenoxy) is 2. The summed E-state index contributed by atoms with van der Waals surface area (Å²) in [6.45, 7) is 2.18. The molecule has 0 radical (unpaired) electrons. The van der Waals surface area contributed by atoms with Gasteiger partial charge in [0.15, 0.2) is 11.6 Å². The van der Waals surface area contributed by atoms with Crippen LogP contribution in [0.3, 0.4) is 0 Å². The maximum Gasteiger partial charge on any atom is 0.573 e. The number of hydrogen-bond acceptors (Lipinski definition) is 2. The molecule has 1 aliphatic rings. The lowest BCUT2D eigenvalue weighted by atomic mass is 9.77. The Morgan fingerprint density at radius 1 is 0.612 bits per heavy atom. The molecular weight excluding hydrogens is 666 g/mol. The fourth-order valence-electron chi connectivity index (χ4n) is 6.33. The molecule has 0 N–H and O–H groups in total. The van der Waals surface area contributed by atoms with Crippen molar-refractivity contribution >= 4 is 0 Å². The van der Waals surface area contributed by atoms with Gasteiger partial charge in [-0.15, -0.1) is 13.2 Å². The van der Waals surface area contributed by atoms with Gasteiger partial charge in [-0.2, -0.15) is 8.78 Å². The summed E-state index contributed by atoms with van der Waals surface area (Å²) in [5.41, 5.74) is -0.482. The minimum Gasteiger partial charge on any atom is -0.429 e. The zero-order valence-electron chi connectivity index (χ0n) is 26.3. The van der Waals surface area contributed by atoms with Crippen molar-refractivity contribution in [2.45, 2.75) is 76.7 Å². The van der Waals surface area contributed by atoms with Gasteiger partial charge in [-0.25, -0.2) is 22.0 Å². The monoisotopic (exact) mass is 698 g/mol. The Hall–Kier alpha value is -4.22. The predicted octanol–water partition coefficient (Wildman–Crippen LogP) is 12.6. The summed E-state index contributed by atoms with van der Waals surface area (Å²) >= 11 is 0. The highest BCUT2D eigenvalue weighted by atomic mass is 19.4. The van der Waals surface area contributed by atoms with E-state index in [9.17, 15) is 35.1 Å². The SMILES string of the molecule is CCCCCC1CCC(c2ccc(-c3ccc(-c4ccc(C(F)(F)Oc5cc(F)c(OC(F)(F)F)c(F)c5)c(F)c4)c(F)c3)c(F)c2)CC1. The molecule has 262 valence electrons.